The number of nitrogens with one attached hydrogen (secondary N) is 3. The van der Waals surface area contributed by atoms with Crippen LogP contribution in [0, 0.1) is 17.8 Å². The summed E-state index contributed by atoms with van der Waals surface area (Å²) in [7, 11) is 0. The van der Waals surface area contributed by atoms with E-state index in [1.54, 1.807) is 41.5 Å². The molecule has 0 bridgehead atoms. The first-order chi connectivity index (χ1) is 13.7. The van der Waals surface area contributed by atoms with Crippen LogP contribution in [0.15, 0.2) is 0 Å². The smallest absolute Gasteiger partial charge is 0.326 e. The maximum atomic E-state index is 12.7. The van der Waals surface area contributed by atoms with Gasteiger partial charge in [-0.15, -0.1) is 0 Å². The lowest BCUT2D eigenvalue weighted by molar-refractivity contribution is -0.143. The second-order valence-electron chi connectivity index (χ2n) is 8.30. The van der Waals surface area contributed by atoms with Crippen molar-refractivity contribution in [1.29, 1.82) is 0 Å². The summed E-state index contributed by atoms with van der Waals surface area (Å²) in [6.07, 6.45) is -0.535. The molecule has 4 amide bonds. The molecule has 0 aliphatic carbocycles. The van der Waals surface area contributed by atoms with E-state index in [9.17, 15) is 29.1 Å². The van der Waals surface area contributed by atoms with Crippen molar-refractivity contribution in [2.24, 2.45) is 29.2 Å². The maximum Gasteiger partial charge on any atom is 0.326 e. The fourth-order valence-electron chi connectivity index (χ4n) is 2.53. The molecule has 0 saturated heterocycles. The molecule has 0 saturated carbocycles. The zero-order valence-electron chi connectivity index (χ0n) is 18.4. The fraction of sp³-hybridized carbons (Fsp3) is 0.737. The molecule has 11 heteroatoms. The number of nitrogens with two attached hydrogens (primary N) is 2. The molecule has 4 atom stereocenters. The third-order valence-electron chi connectivity index (χ3n) is 4.54. The molecule has 0 aromatic carbocycles. The maximum absolute atomic E-state index is 12.7. The van der Waals surface area contributed by atoms with Gasteiger partial charge in [0.05, 0.1) is 12.5 Å². The van der Waals surface area contributed by atoms with E-state index in [2.05, 4.69) is 16.0 Å². The molecule has 4 unspecified atom stereocenters. The van der Waals surface area contributed by atoms with Crippen molar-refractivity contribution in [2.75, 3.05) is 0 Å². The van der Waals surface area contributed by atoms with Gasteiger partial charge < -0.3 is 32.5 Å². The van der Waals surface area contributed by atoms with Crippen LogP contribution in [-0.4, -0.2) is 58.9 Å². The number of hydrogen-bond donors (Lipinski definition) is 6. The number of hydrogen-bond acceptors (Lipinski definition) is 6. The van der Waals surface area contributed by atoms with Crippen LogP contribution in [0.5, 0.6) is 0 Å². The summed E-state index contributed by atoms with van der Waals surface area (Å²) in [5.74, 6) is -5.16. The molecule has 0 aromatic rings. The standard InChI is InChI=1S/C19H35N5O6/c1-8(2)13(21)17(27)23-14(9(3)4)18(28)22-11(7-12(20)25)16(26)24-15(10(5)6)19(29)30/h8-11,13-15H,7,21H2,1-6H3,(H2,20,25)(H,22,28)(H,23,27)(H,24,26)(H,29,30). The largest absolute Gasteiger partial charge is 0.480 e. The molecule has 0 spiro atoms. The predicted octanol–water partition coefficient (Wildman–Crippen LogP) is -1.30. The number of rotatable bonds is 12. The molecule has 0 rings (SSSR count). The molecule has 0 heterocycles. The number of amides is 4. The third kappa shape index (κ3) is 8.76. The zero-order chi connectivity index (χ0) is 23.8. The Kier molecular flexibility index (Phi) is 11.0. The second kappa shape index (κ2) is 12.1. The van der Waals surface area contributed by atoms with E-state index < -0.39 is 66.1 Å². The van der Waals surface area contributed by atoms with Gasteiger partial charge in [0.25, 0.3) is 0 Å². The van der Waals surface area contributed by atoms with Gasteiger partial charge in [0.15, 0.2) is 0 Å². The topological polar surface area (TPSA) is 194 Å². The average molecular weight is 430 g/mol. The van der Waals surface area contributed by atoms with Gasteiger partial charge in [-0.1, -0.05) is 41.5 Å². The molecule has 0 radical (unpaired) electrons. The highest BCUT2D eigenvalue weighted by molar-refractivity contribution is 5.96. The minimum atomic E-state index is -1.40. The van der Waals surface area contributed by atoms with Crippen molar-refractivity contribution in [3.05, 3.63) is 0 Å². The zero-order valence-corrected chi connectivity index (χ0v) is 18.4. The van der Waals surface area contributed by atoms with E-state index in [0.717, 1.165) is 0 Å². The van der Waals surface area contributed by atoms with Crippen molar-refractivity contribution >= 4 is 29.6 Å². The van der Waals surface area contributed by atoms with Crippen LogP contribution in [-0.2, 0) is 24.0 Å². The first-order valence-corrected chi connectivity index (χ1v) is 9.86. The Morgan fingerprint density at radius 3 is 1.57 bits per heavy atom. The van der Waals surface area contributed by atoms with Crippen molar-refractivity contribution in [3.8, 4) is 0 Å². The van der Waals surface area contributed by atoms with E-state index in [-0.39, 0.29) is 11.8 Å². The molecule has 172 valence electrons. The van der Waals surface area contributed by atoms with E-state index in [1.165, 1.54) is 0 Å². The van der Waals surface area contributed by atoms with Gasteiger partial charge in [-0.2, -0.15) is 0 Å². The van der Waals surface area contributed by atoms with Gasteiger partial charge in [-0.05, 0) is 17.8 Å². The summed E-state index contributed by atoms with van der Waals surface area (Å²) < 4.78 is 0. The fourth-order valence-corrected chi connectivity index (χ4v) is 2.53. The lowest BCUT2D eigenvalue weighted by atomic mass is 9.99. The van der Waals surface area contributed by atoms with Gasteiger partial charge in [-0.3, -0.25) is 19.2 Å². The normalized spacial score (nSPS) is 15.3. The molecule has 0 aromatic heterocycles. The van der Waals surface area contributed by atoms with Crippen molar-refractivity contribution < 1.29 is 29.1 Å². The van der Waals surface area contributed by atoms with Gasteiger partial charge in [-0.25, -0.2) is 4.79 Å². The highest BCUT2D eigenvalue weighted by Gasteiger charge is 2.33. The van der Waals surface area contributed by atoms with E-state index in [0.29, 0.717) is 0 Å². The summed E-state index contributed by atoms with van der Waals surface area (Å²) in [6.45, 7) is 10.1. The molecule has 8 N–H and O–H groups in total. The number of carbonyl (C=O) groups excluding carboxylic acids is 4. The summed E-state index contributed by atoms with van der Waals surface area (Å²) in [6, 6.07) is -4.46. The minimum Gasteiger partial charge on any atom is -0.480 e. The van der Waals surface area contributed by atoms with Crippen molar-refractivity contribution in [1.82, 2.24) is 16.0 Å². The van der Waals surface area contributed by atoms with E-state index in [1.807, 2.05) is 0 Å². The minimum absolute atomic E-state index is 0.154. The van der Waals surface area contributed by atoms with Crippen molar-refractivity contribution in [3.63, 3.8) is 0 Å². The van der Waals surface area contributed by atoms with Crippen LogP contribution < -0.4 is 27.4 Å². The van der Waals surface area contributed by atoms with E-state index >= 15 is 0 Å². The van der Waals surface area contributed by atoms with E-state index in [4.69, 9.17) is 11.5 Å². The number of carboxylic acids is 1. The highest BCUT2D eigenvalue weighted by atomic mass is 16.4. The van der Waals surface area contributed by atoms with Crippen molar-refractivity contribution in [2.45, 2.75) is 72.1 Å². The summed E-state index contributed by atoms with van der Waals surface area (Å²) in [5.41, 5.74) is 11.0. The lowest BCUT2D eigenvalue weighted by Gasteiger charge is -2.27. The summed E-state index contributed by atoms with van der Waals surface area (Å²) >= 11 is 0. The SMILES string of the molecule is CC(C)C(N)C(=O)NC(C(=O)NC(CC(N)=O)C(=O)NC(C(=O)O)C(C)C)C(C)C. The molecular weight excluding hydrogens is 394 g/mol. The van der Waals surface area contributed by atoms with Gasteiger partial charge >= 0.3 is 5.97 Å². The highest BCUT2D eigenvalue weighted by Crippen LogP contribution is 2.07. The van der Waals surface area contributed by atoms with Crippen LogP contribution in [0.1, 0.15) is 48.0 Å². The Balaban J connectivity index is 5.47. The monoisotopic (exact) mass is 429 g/mol. The van der Waals surface area contributed by atoms with Crippen LogP contribution >= 0.6 is 0 Å². The average Bonchev–Trinajstić information content (AvgIpc) is 2.60. The number of primary amides is 1. The number of aliphatic carboxylic acids is 1. The second-order valence-corrected chi connectivity index (χ2v) is 8.30. The molecular formula is C19H35N5O6. The Morgan fingerprint density at radius 2 is 1.20 bits per heavy atom. The lowest BCUT2D eigenvalue weighted by Crippen LogP contribution is -2.59. The Morgan fingerprint density at radius 1 is 0.733 bits per heavy atom. The Hall–Kier alpha value is -2.69. The van der Waals surface area contributed by atoms with Gasteiger partial charge in [0.1, 0.15) is 18.1 Å². The third-order valence-corrected chi connectivity index (χ3v) is 4.54. The molecule has 30 heavy (non-hydrogen) atoms. The van der Waals surface area contributed by atoms with Crippen LogP contribution in [0.4, 0.5) is 0 Å². The quantitative estimate of drug-likeness (QED) is 0.222. The molecule has 0 aliphatic rings. The Labute approximate surface area is 176 Å². The predicted molar refractivity (Wildman–Crippen MR) is 110 cm³/mol. The first kappa shape index (κ1) is 27.3. The van der Waals surface area contributed by atoms with Crippen LogP contribution in [0.25, 0.3) is 0 Å². The summed E-state index contributed by atoms with van der Waals surface area (Å²) in [4.78, 5) is 60.3. The van der Waals surface area contributed by atoms with Gasteiger partial charge in [0.2, 0.25) is 23.6 Å². The number of carboxylic acid groups (broad SMARTS) is 1. The molecule has 11 nitrogen and oxygen atoms in total. The van der Waals surface area contributed by atoms with Crippen LogP contribution in [0.3, 0.4) is 0 Å². The van der Waals surface area contributed by atoms with Gasteiger partial charge in [0, 0.05) is 0 Å². The molecule has 0 fully saturated rings. The van der Waals surface area contributed by atoms with Crippen LogP contribution in [0.2, 0.25) is 0 Å². The Bertz CT molecular complexity index is 649. The summed E-state index contributed by atoms with van der Waals surface area (Å²) in [5, 5.41) is 16.5. The number of carbonyl (C=O) groups is 5. The first-order valence-electron chi connectivity index (χ1n) is 9.86. The molecule has 0 aliphatic heterocycles.